The third-order valence-electron chi connectivity index (χ3n) is 4.13. The van der Waals surface area contributed by atoms with Crippen molar-refractivity contribution in [2.24, 2.45) is 0 Å². The molecular weight excluding hydrogens is 290 g/mol. The number of hydrogen-bond donors (Lipinski definition) is 0. The van der Waals surface area contributed by atoms with Crippen LogP contribution in [0.2, 0.25) is 0 Å². The van der Waals surface area contributed by atoms with Crippen LogP contribution >= 0.6 is 11.8 Å². The van der Waals surface area contributed by atoms with Crippen molar-refractivity contribution in [3.05, 3.63) is 47.1 Å². The van der Waals surface area contributed by atoms with Gasteiger partial charge in [-0.05, 0) is 44.2 Å². The lowest BCUT2D eigenvalue weighted by atomic mass is 10.1. The fourth-order valence-electron chi connectivity index (χ4n) is 3.05. The number of nitrogens with zero attached hydrogens (tertiary/aromatic N) is 1. The summed E-state index contributed by atoms with van der Waals surface area (Å²) in [5.41, 5.74) is 2.60. The maximum Gasteiger partial charge on any atom is 0.158 e. The van der Waals surface area contributed by atoms with Gasteiger partial charge < -0.3 is 4.90 Å². The highest BCUT2D eigenvalue weighted by molar-refractivity contribution is 8.03. The Bertz CT molecular complexity index is 618. The van der Waals surface area contributed by atoms with Crippen molar-refractivity contribution in [1.29, 1.82) is 0 Å². The summed E-state index contributed by atoms with van der Waals surface area (Å²) < 4.78 is 0. The monoisotopic (exact) mass is 313 g/mol. The molecule has 0 radical (unpaired) electrons. The number of allylic oxidation sites excluding steroid dienone is 3. The molecule has 0 saturated heterocycles. The van der Waals surface area contributed by atoms with Gasteiger partial charge in [0.25, 0.3) is 0 Å². The van der Waals surface area contributed by atoms with Crippen molar-refractivity contribution in [2.75, 3.05) is 4.90 Å². The lowest BCUT2D eigenvalue weighted by molar-refractivity contribution is -0.114. The number of ketones is 1. The van der Waals surface area contributed by atoms with Gasteiger partial charge in [-0.1, -0.05) is 43.3 Å². The summed E-state index contributed by atoms with van der Waals surface area (Å²) in [7, 11) is 0. The van der Waals surface area contributed by atoms with E-state index in [0.29, 0.717) is 6.42 Å². The van der Waals surface area contributed by atoms with E-state index >= 15 is 0 Å². The molecule has 0 atom stereocenters. The largest absolute Gasteiger partial charge is 0.307 e. The number of carbonyl (C=O) groups is 1. The molecule has 0 amide bonds. The maximum atomic E-state index is 12.1. The van der Waals surface area contributed by atoms with Crippen LogP contribution in [0.4, 0.5) is 5.69 Å². The van der Waals surface area contributed by atoms with Crippen LogP contribution in [-0.2, 0) is 4.79 Å². The van der Waals surface area contributed by atoms with Crippen LogP contribution in [0.5, 0.6) is 0 Å². The van der Waals surface area contributed by atoms with E-state index in [0.717, 1.165) is 24.3 Å². The average molecular weight is 313 g/mol. The van der Waals surface area contributed by atoms with Gasteiger partial charge in [0, 0.05) is 23.1 Å². The molecule has 0 spiro atoms. The summed E-state index contributed by atoms with van der Waals surface area (Å²) in [6.45, 7) is 2.05. The summed E-state index contributed by atoms with van der Waals surface area (Å²) in [5, 5.41) is 1.08. The van der Waals surface area contributed by atoms with Crippen molar-refractivity contribution in [2.45, 2.75) is 56.8 Å². The number of hydrogen-bond acceptors (Lipinski definition) is 3. The molecule has 1 heterocycles. The normalized spacial score (nSPS) is 19.8. The lowest BCUT2D eigenvalue weighted by Crippen LogP contribution is -2.17. The fraction of sp³-hybridized carbons (Fsp3) is 0.421. The van der Waals surface area contributed by atoms with E-state index < -0.39 is 0 Å². The Kier molecular flexibility index (Phi) is 5.04. The third-order valence-corrected chi connectivity index (χ3v) is 5.20. The predicted octanol–water partition coefficient (Wildman–Crippen LogP) is 5.66. The molecule has 0 aromatic heterocycles. The number of thioether (sulfide) groups is 1. The molecule has 22 heavy (non-hydrogen) atoms. The quantitative estimate of drug-likeness (QED) is 0.669. The summed E-state index contributed by atoms with van der Waals surface area (Å²) in [5.74, 6) is 0.233. The van der Waals surface area contributed by atoms with Crippen molar-refractivity contribution < 1.29 is 4.79 Å². The number of benzene rings is 1. The van der Waals surface area contributed by atoms with Gasteiger partial charge in [0.05, 0.1) is 10.7 Å². The fourth-order valence-corrected chi connectivity index (χ4v) is 4.19. The number of carbonyl (C=O) groups excluding carboxylic acids is 1. The molecule has 3 heteroatoms. The van der Waals surface area contributed by atoms with Gasteiger partial charge in [-0.2, -0.15) is 0 Å². The van der Waals surface area contributed by atoms with E-state index in [4.69, 9.17) is 0 Å². The highest BCUT2D eigenvalue weighted by Crippen LogP contribution is 2.48. The molecule has 1 aromatic rings. The molecule has 0 fully saturated rings. The SMILES string of the molecule is CCCC(=O)/C=C1\Sc2ccccc2N1C1=CCCCCC1. The van der Waals surface area contributed by atoms with Gasteiger partial charge in [-0.3, -0.25) is 4.79 Å². The molecule has 0 bridgehead atoms. The second kappa shape index (κ2) is 7.19. The first-order valence-electron chi connectivity index (χ1n) is 8.30. The molecule has 2 aliphatic rings. The summed E-state index contributed by atoms with van der Waals surface area (Å²) in [6, 6.07) is 8.47. The van der Waals surface area contributed by atoms with E-state index in [-0.39, 0.29) is 5.78 Å². The Labute approximate surface area is 137 Å². The second-order valence-corrected chi connectivity index (χ2v) is 6.96. The minimum atomic E-state index is 0.233. The zero-order chi connectivity index (χ0) is 15.4. The molecule has 1 aromatic carbocycles. The summed E-state index contributed by atoms with van der Waals surface area (Å²) in [6.07, 6.45) is 11.8. The highest BCUT2D eigenvalue weighted by atomic mass is 32.2. The topological polar surface area (TPSA) is 20.3 Å². The molecule has 0 saturated carbocycles. The van der Waals surface area contributed by atoms with Crippen LogP contribution in [0.25, 0.3) is 0 Å². The van der Waals surface area contributed by atoms with Crippen LogP contribution < -0.4 is 4.90 Å². The van der Waals surface area contributed by atoms with E-state index in [1.807, 2.05) is 6.08 Å². The molecular formula is C19H23NOS. The Morgan fingerprint density at radius 1 is 1.27 bits per heavy atom. The van der Waals surface area contributed by atoms with Gasteiger partial charge in [0.2, 0.25) is 0 Å². The Morgan fingerprint density at radius 3 is 3.00 bits per heavy atom. The van der Waals surface area contributed by atoms with Gasteiger partial charge in [0.15, 0.2) is 5.78 Å². The zero-order valence-corrected chi connectivity index (χ0v) is 14.0. The van der Waals surface area contributed by atoms with Crippen LogP contribution in [0.3, 0.4) is 0 Å². The first-order chi connectivity index (χ1) is 10.8. The van der Waals surface area contributed by atoms with Crippen molar-refractivity contribution in [1.82, 2.24) is 0 Å². The maximum absolute atomic E-state index is 12.1. The van der Waals surface area contributed by atoms with Gasteiger partial charge in [-0.15, -0.1) is 0 Å². The van der Waals surface area contributed by atoms with Crippen LogP contribution in [0.1, 0.15) is 51.9 Å². The van der Waals surface area contributed by atoms with Gasteiger partial charge in [-0.25, -0.2) is 0 Å². The summed E-state index contributed by atoms with van der Waals surface area (Å²) >= 11 is 1.72. The van der Waals surface area contributed by atoms with E-state index in [1.54, 1.807) is 11.8 Å². The number of rotatable bonds is 4. The number of anilines is 1. The Hall–Kier alpha value is -1.48. The Morgan fingerprint density at radius 2 is 2.14 bits per heavy atom. The third kappa shape index (κ3) is 3.30. The predicted molar refractivity (Wildman–Crippen MR) is 93.9 cm³/mol. The smallest absolute Gasteiger partial charge is 0.158 e. The van der Waals surface area contributed by atoms with Crippen molar-refractivity contribution in [3.63, 3.8) is 0 Å². The van der Waals surface area contributed by atoms with Crippen LogP contribution in [-0.4, -0.2) is 5.78 Å². The molecule has 116 valence electrons. The minimum absolute atomic E-state index is 0.233. The van der Waals surface area contributed by atoms with Crippen LogP contribution in [0.15, 0.2) is 52.0 Å². The zero-order valence-electron chi connectivity index (χ0n) is 13.2. The molecule has 3 rings (SSSR count). The van der Waals surface area contributed by atoms with Crippen molar-refractivity contribution in [3.8, 4) is 0 Å². The standard InChI is InChI=1S/C19H23NOS/c1-2-9-16(21)14-19-20(15-10-5-3-4-6-11-15)17-12-7-8-13-18(17)22-19/h7-8,10,12-14H,2-6,9,11H2,1H3/b19-14-. The number of para-hydroxylation sites is 1. The minimum Gasteiger partial charge on any atom is -0.307 e. The molecule has 1 aliphatic carbocycles. The molecule has 0 N–H and O–H groups in total. The molecule has 2 nitrogen and oxygen atoms in total. The molecule has 0 unspecified atom stereocenters. The molecule has 1 aliphatic heterocycles. The number of fused-ring (bicyclic) bond motifs is 1. The van der Waals surface area contributed by atoms with E-state index in [9.17, 15) is 4.79 Å². The van der Waals surface area contributed by atoms with Crippen LogP contribution in [0, 0.1) is 0 Å². The first-order valence-corrected chi connectivity index (χ1v) is 9.12. The highest BCUT2D eigenvalue weighted by Gasteiger charge is 2.28. The van der Waals surface area contributed by atoms with Gasteiger partial charge in [0.1, 0.15) is 0 Å². The van der Waals surface area contributed by atoms with Crippen molar-refractivity contribution >= 4 is 23.2 Å². The Balaban J connectivity index is 1.96. The first kappa shape index (κ1) is 15.4. The van der Waals surface area contributed by atoms with E-state index in [1.165, 1.54) is 35.5 Å². The lowest BCUT2D eigenvalue weighted by Gasteiger charge is -2.23. The summed E-state index contributed by atoms with van der Waals surface area (Å²) in [4.78, 5) is 15.7. The second-order valence-electron chi connectivity index (χ2n) is 5.90. The van der Waals surface area contributed by atoms with E-state index in [2.05, 4.69) is 42.2 Å². The average Bonchev–Trinajstić information content (AvgIpc) is 2.69. The van der Waals surface area contributed by atoms with Gasteiger partial charge >= 0.3 is 0 Å².